The average Bonchev–Trinajstić information content (AvgIpc) is 3.24. The van der Waals surface area contributed by atoms with E-state index in [0.29, 0.717) is 31.9 Å². The lowest BCUT2D eigenvalue weighted by Gasteiger charge is -2.44. The summed E-state index contributed by atoms with van der Waals surface area (Å²) in [5.74, 6) is -0.188. The van der Waals surface area contributed by atoms with Gasteiger partial charge in [-0.15, -0.1) is 0 Å². The van der Waals surface area contributed by atoms with E-state index in [2.05, 4.69) is 15.8 Å². The minimum absolute atomic E-state index is 0.0204. The number of nitrogens with zero attached hydrogens (tertiary/aromatic N) is 2. The van der Waals surface area contributed by atoms with Crippen molar-refractivity contribution < 1.29 is 22.7 Å². The van der Waals surface area contributed by atoms with Crippen molar-refractivity contribution in [1.82, 2.24) is 20.7 Å². The molecule has 0 saturated carbocycles. The molecule has 30 heavy (non-hydrogen) atoms. The second kappa shape index (κ2) is 10.1. The van der Waals surface area contributed by atoms with Gasteiger partial charge in [0.05, 0.1) is 24.6 Å². The molecule has 2 aliphatic rings. The number of likely N-dealkylation sites (tertiary alicyclic amines) is 1. The van der Waals surface area contributed by atoms with Crippen molar-refractivity contribution in [3.05, 3.63) is 34.9 Å². The molecule has 0 spiro atoms. The number of hydrogen-bond acceptors (Lipinski definition) is 5. The lowest BCUT2D eigenvalue weighted by molar-refractivity contribution is -0.140. The number of carbonyl (C=O) groups is 1. The van der Waals surface area contributed by atoms with Gasteiger partial charge in [-0.2, -0.15) is 13.2 Å². The molecule has 2 atom stereocenters. The van der Waals surface area contributed by atoms with Crippen molar-refractivity contribution in [1.29, 1.82) is 0 Å². The minimum Gasteiger partial charge on any atom is -0.380 e. The first-order valence-corrected chi connectivity index (χ1v) is 10.6. The highest BCUT2D eigenvalue weighted by atomic mass is 19.4. The van der Waals surface area contributed by atoms with Gasteiger partial charge in [-0.25, -0.2) is 5.43 Å². The molecule has 168 valence electrons. The lowest BCUT2D eigenvalue weighted by atomic mass is 10.0. The van der Waals surface area contributed by atoms with Crippen LogP contribution in [0, 0.1) is 6.92 Å². The lowest BCUT2D eigenvalue weighted by Crippen LogP contribution is -2.68. The van der Waals surface area contributed by atoms with Crippen LogP contribution in [0.2, 0.25) is 0 Å². The van der Waals surface area contributed by atoms with Crippen molar-refractivity contribution in [2.75, 3.05) is 39.4 Å². The molecule has 2 saturated heterocycles. The van der Waals surface area contributed by atoms with E-state index in [9.17, 15) is 18.0 Å². The first kappa shape index (κ1) is 23.0. The zero-order chi connectivity index (χ0) is 21.7. The fraction of sp³-hybridized carbons (Fsp3) is 0.667. The van der Waals surface area contributed by atoms with Gasteiger partial charge in [0, 0.05) is 19.7 Å². The molecular weight excluding hydrogens is 397 g/mol. The number of hydrogen-bond donors (Lipinski definition) is 2. The zero-order valence-electron chi connectivity index (χ0n) is 17.6. The van der Waals surface area contributed by atoms with E-state index in [1.165, 1.54) is 13.0 Å². The summed E-state index contributed by atoms with van der Waals surface area (Å²) in [6, 6.07) is 4.11. The normalized spacial score (nSPS) is 21.8. The van der Waals surface area contributed by atoms with E-state index >= 15 is 0 Å². The predicted octanol–water partition coefficient (Wildman–Crippen LogP) is 2.32. The van der Waals surface area contributed by atoms with Gasteiger partial charge in [0.15, 0.2) is 0 Å². The SMILES string of the molecule is CCOCC([C@@H]1NNCCN1C(=O)Cc1ccc(C)c(C(F)(F)F)c1)N1CCCC1. The largest absolute Gasteiger partial charge is 0.416 e. The number of carbonyl (C=O) groups excluding carboxylic acids is 1. The number of benzene rings is 1. The van der Waals surface area contributed by atoms with Crippen LogP contribution in [0.4, 0.5) is 13.2 Å². The first-order valence-electron chi connectivity index (χ1n) is 10.6. The maximum atomic E-state index is 13.2. The number of ether oxygens (including phenoxy) is 1. The minimum atomic E-state index is -4.43. The third-order valence-corrected chi connectivity index (χ3v) is 5.81. The summed E-state index contributed by atoms with van der Waals surface area (Å²) in [6.45, 7) is 7.40. The molecule has 9 heteroatoms. The Bertz CT molecular complexity index is 723. The third kappa shape index (κ3) is 5.51. The van der Waals surface area contributed by atoms with Crippen molar-refractivity contribution in [3.8, 4) is 0 Å². The average molecular weight is 428 g/mol. The summed E-state index contributed by atoms with van der Waals surface area (Å²) in [5, 5.41) is 0. The van der Waals surface area contributed by atoms with Crippen molar-refractivity contribution in [3.63, 3.8) is 0 Å². The van der Waals surface area contributed by atoms with Crippen molar-refractivity contribution in [2.24, 2.45) is 0 Å². The van der Waals surface area contributed by atoms with Crippen molar-refractivity contribution >= 4 is 5.91 Å². The summed E-state index contributed by atoms with van der Waals surface area (Å²) < 4.78 is 45.4. The highest BCUT2D eigenvalue weighted by Gasteiger charge is 2.37. The quantitative estimate of drug-likeness (QED) is 0.698. The highest BCUT2D eigenvalue weighted by molar-refractivity contribution is 5.79. The van der Waals surface area contributed by atoms with E-state index in [-0.39, 0.29) is 30.1 Å². The molecule has 1 aromatic carbocycles. The molecule has 0 bridgehead atoms. The highest BCUT2D eigenvalue weighted by Crippen LogP contribution is 2.32. The smallest absolute Gasteiger partial charge is 0.380 e. The molecule has 3 rings (SSSR count). The molecule has 2 fully saturated rings. The van der Waals surface area contributed by atoms with E-state index in [1.54, 1.807) is 11.0 Å². The van der Waals surface area contributed by atoms with Gasteiger partial charge < -0.3 is 9.64 Å². The topological polar surface area (TPSA) is 56.8 Å². The molecule has 2 N–H and O–H groups in total. The van der Waals surface area contributed by atoms with Crippen LogP contribution in [-0.4, -0.2) is 67.3 Å². The molecule has 0 aliphatic carbocycles. The van der Waals surface area contributed by atoms with Crippen LogP contribution >= 0.6 is 0 Å². The first-order chi connectivity index (χ1) is 14.3. The molecule has 1 amide bonds. The number of alkyl halides is 3. The van der Waals surface area contributed by atoms with Gasteiger partial charge in [-0.05, 0) is 57.0 Å². The number of aryl methyl sites for hydroxylation is 1. The summed E-state index contributed by atoms with van der Waals surface area (Å²) in [5.41, 5.74) is 6.19. The Balaban J connectivity index is 1.77. The third-order valence-electron chi connectivity index (χ3n) is 5.81. The Morgan fingerprint density at radius 1 is 1.27 bits per heavy atom. The van der Waals surface area contributed by atoms with E-state index in [1.807, 2.05) is 6.92 Å². The monoisotopic (exact) mass is 428 g/mol. The Kier molecular flexibility index (Phi) is 7.73. The van der Waals surface area contributed by atoms with Gasteiger partial charge in [0.2, 0.25) is 5.91 Å². The summed E-state index contributed by atoms with van der Waals surface area (Å²) >= 11 is 0. The number of hydrazine groups is 1. The van der Waals surface area contributed by atoms with E-state index in [0.717, 1.165) is 32.0 Å². The van der Waals surface area contributed by atoms with E-state index < -0.39 is 11.7 Å². The summed E-state index contributed by atoms with van der Waals surface area (Å²) in [7, 11) is 0. The van der Waals surface area contributed by atoms with Crippen LogP contribution < -0.4 is 10.9 Å². The van der Waals surface area contributed by atoms with Crippen LogP contribution in [0.3, 0.4) is 0 Å². The number of rotatable bonds is 7. The van der Waals surface area contributed by atoms with Gasteiger partial charge in [0.25, 0.3) is 0 Å². The second-order valence-corrected chi connectivity index (χ2v) is 7.90. The van der Waals surface area contributed by atoms with Gasteiger partial charge >= 0.3 is 6.18 Å². The number of amides is 1. The van der Waals surface area contributed by atoms with Gasteiger partial charge in [0.1, 0.15) is 6.17 Å². The molecule has 6 nitrogen and oxygen atoms in total. The predicted molar refractivity (Wildman–Crippen MR) is 108 cm³/mol. The number of halogens is 3. The Morgan fingerprint density at radius 3 is 2.67 bits per heavy atom. The zero-order valence-corrected chi connectivity index (χ0v) is 17.6. The molecule has 1 unspecified atom stereocenters. The van der Waals surface area contributed by atoms with Crippen LogP contribution in [0.1, 0.15) is 36.5 Å². The molecule has 1 aromatic rings. The summed E-state index contributed by atoms with van der Waals surface area (Å²) in [4.78, 5) is 17.2. The maximum absolute atomic E-state index is 13.2. The van der Waals surface area contributed by atoms with Gasteiger partial charge in [-0.3, -0.25) is 15.1 Å². The van der Waals surface area contributed by atoms with Gasteiger partial charge in [-0.1, -0.05) is 12.1 Å². The second-order valence-electron chi connectivity index (χ2n) is 7.90. The Hall–Kier alpha value is -1.68. The molecule has 2 heterocycles. The van der Waals surface area contributed by atoms with Crippen LogP contribution in [0.15, 0.2) is 18.2 Å². The Morgan fingerprint density at radius 2 is 2.00 bits per heavy atom. The van der Waals surface area contributed by atoms with E-state index in [4.69, 9.17) is 4.74 Å². The molecule has 2 aliphatic heterocycles. The fourth-order valence-corrected chi connectivity index (χ4v) is 4.22. The standard InChI is InChI=1S/C21H31F3N4O2/c1-3-30-14-18(27-9-4-5-10-27)20-26-25-8-11-28(20)19(29)13-16-7-6-15(2)17(12-16)21(22,23)24/h6-7,12,18,20,25-26H,3-5,8-11,13-14H2,1-2H3/t18?,20-/m1/s1. The number of nitrogens with one attached hydrogen (secondary N) is 2. The fourth-order valence-electron chi connectivity index (χ4n) is 4.22. The molecule has 0 radical (unpaired) electrons. The maximum Gasteiger partial charge on any atom is 0.416 e. The molecular formula is C21H31F3N4O2. The Labute approximate surface area is 175 Å². The van der Waals surface area contributed by atoms with Crippen molar-refractivity contribution in [2.45, 2.75) is 51.5 Å². The molecule has 0 aromatic heterocycles. The van der Waals surface area contributed by atoms with Crippen LogP contribution in [0.25, 0.3) is 0 Å². The summed E-state index contributed by atoms with van der Waals surface area (Å²) in [6.07, 6.45) is -2.58. The van der Waals surface area contributed by atoms with Crippen LogP contribution in [0.5, 0.6) is 0 Å². The van der Waals surface area contributed by atoms with Crippen LogP contribution in [-0.2, 0) is 22.1 Å².